The summed E-state index contributed by atoms with van der Waals surface area (Å²) in [6.07, 6.45) is 5.77. The van der Waals surface area contributed by atoms with E-state index in [4.69, 9.17) is 5.73 Å². The average Bonchev–Trinajstić information content (AvgIpc) is 2.35. The van der Waals surface area contributed by atoms with Crippen molar-refractivity contribution < 1.29 is 4.79 Å². The molecule has 1 aliphatic rings. The van der Waals surface area contributed by atoms with E-state index in [0.717, 1.165) is 25.2 Å². The van der Waals surface area contributed by atoms with Gasteiger partial charge in [-0.25, -0.2) is 0 Å². The van der Waals surface area contributed by atoms with Gasteiger partial charge in [0.15, 0.2) is 0 Å². The molecule has 1 saturated carbocycles. The Balaban J connectivity index is 2.56. The zero-order valence-corrected chi connectivity index (χ0v) is 11.8. The van der Waals surface area contributed by atoms with Gasteiger partial charge in [0.2, 0.25) is 5.91 Å². The Labute approximate surface area is 106 Å². The Kier molecular flexibility index (Phi) is 5.44. The Morgan fingerprint density at radius 3 is 2.65 bits per heavy atom. The van der Waals surface area contributed by atoms with Gasteiger partial charge in [0.05, 0.1) is 6.04 Å². The maximum absolute atomic E-state index is 12.3. The summed E-state index contributed by atoms with van der Waals surface area (Å²) >= 11 is 0. The molecule has 1 rings (SSSR count). The van der Waals surface area contributed by atoms with Gasteiger partial charge >= 0.3 is 0 Å². The Morgan fingerprint density at radius 1 is 1.47 bits per heavy atom. The van der Waals surface area contributed by atoms with Crippen LogP contribution in [0.2, 0.25) is 0 Å². The topological polar surface area (TPSA) is 46.3 Å². The molecule has 17 heavy (non-hydrogen) atoms. The molecule has 0 aromatic heterocycles. The molecule has 0 saturated heterocycles. The maximum Gasteiger partial charge on any atom is 0.239 e. The van der Waals surface area contributed by atoms with Gasteiger partial charge in [-0.1, -0.05) is 40.0 Å². The molecule has 1 aliphatic carbocycles. The number of amides is 1. The zero-order valence-electron chi connectivity index (χ0n) is 11.8. The predicted octanol–water partition coefficient (Wildman–Crippen LogP) is 2.40. The Bertz CT molecular complexity index is 255. The summed E-state index contributed by atoms with van der Waals surface area (Å²) in [4.78, 5) is 14.2. The number of carbonyl (C=O) groups excluding carboxylic acids is 1. The first-order chi connectivity index (χ1) is 7.97. The molecule has 3 nitrogen and oxygen atoms in total. The molecule has 4 atom stereocenters. The smallest absolute Gasteiger partial charge is 0.239 e. The van der Waals surface area contributed by atoms with Crippen molar-refractivity contribution in [3.05, 3.63) is 0 Å². The molecule has 0 heterocycles. The molecule has 0 spiro atoms. The molecule has 0 bridgehead atoms. The van der Waals surface area contributed by atoms with E-state index in [0.29, 0.717) is 6.04 Å². The minimum Gasteiger partial charge on any atom is -0.341 e. The number of nitrogens with zero attached hydrogens (tertiary/aromatic N) is 1. The van der Waals surface area contributed by atoms with Gasteiger partial charge in [0.25, 0.3) is 0 Å². The van der Waals surface area contributed by atoms with Gasteiger partial charge < -0.3 is 10.6 Å². The third-order valence-corrected chi connectivity index (χ3v) is 4.35. The summed E-state index contributed by atoms with van der Waals surface area (Å²) in [6, 6.07) is 0.0728. The van der Waals surface area contributed by atoms with Crippen LogP contribution in [0.4, 0.5) is 0 Å². The normalized spacial score (nSPS) is 28.5. The van der Waals surface area contributed by atoms with E-state index in [1.165, 1.54) is 12.8 Å². The number of likely N-dealkylation sites (N-methyl/N-ethyl adjacent to an activating group) is 1. The molecule has 2 N–H and O–H groups in total. The molecule has 3 unspecified atom stereocenters. The van der Waals surface area contributed by atoms with E-state index >= 15 is 0 Å². The van der Waals surface area contributed by atoms with Crippen LogP contribution in [0.3, 0.4) is 0 Å². The van der Waals surface area contributed by atoms with Crippen LogP contribution in [0.1, 0.15) is 52.9 Å². The van der Waals surface area contributed by atoms with Crippen LogP contribution in [0, 0.1) is 11.8 Å². The maximum atomic E-state index is 12.3. The summed E-state index contributed by atoms with van der Waals surface area (Å²) in [5, 5.41) is 0. The van der Waals surface area contributed by atoms with Crippen molar-refractivity contribution in [1.29, 1.82) is 0 Å². The highest BCUT2D eigenvalue weighted by Crippen LogP contribution is 2.27. The second-order valence-corrected chi connectivity index (χ2v) is 5.79. The van der Waals surface area contributed by atoms with Crippen molar-refractivity contribution in [3.63, 3.8) is 0 Å². The van der Waals surface area contributed by atoms with Gasteiger partial charge in [0, 0.05) is 13.1 Å². The molecule has 3 heteroatoms. The standard InChI is InChI=1S/C14H28N2O/c1-5-11(3)13(15)14(17)16(4)12-8-6-7-10(2)9-12/h10-13H,5-9,15H2,1-4H3/t10?,11?,12?,13-/m0/s1. The molecule has 100 valence electrons. The lowest BCUT2D eigenvalue weighted by molar-refractivity contribution is -0.135. The minimum atomic E-state index is -0.331. The van der Waals surface area contributed by atoms with Gasteiger partial charge in [0.1, 0.15) is 0 Å². The summed E-state index contributed by atoms with van der Waals surface area (Å²) < 4.78 is 0. The first-order valence-electron chi connectivity index (χ1n) is 6.99. The lowest BCUT2D eigenvalue weighted by atomic mass is 9.86. The third kappa shape index (κ3) is 3.70. The Morgan fingerprint density at radius 2 is 2.12 bits per heavy atom. The SMILES string of the molecule is CCC(C)[C@H](N)C(=O)N(C)C1CCCC(C)C1. The van der Waals surface area contributed by atoms with Crippen molar-refractivity contribution in [1.82, 2.24) is 4.90 Å². The largest absolute Gasteiger partial charge is 0.341 e. The molecule has 0 radical (unpaired) electrons. The summed E-state index contributed by atoms with van der Waals surface area (Å²) in [5.74, 6) is 1.13. The first kappa shape index (κ1) is 14.5. The minimum absolute atomic E-state index is 0.124. The van der Waals surface area contributed by atoms with Crippen LogP contribution in [0.15, 0.2) is 0 Å². The lowest BCUT2D eigenvalue weighted by Crippen LogP contribution is -2.50. The third-order valence-electron chi connectivity index (χ3n) is 4.35. The number of hydrogen-bond acceptors (Lipinski definition) is 2. The van der Waals surface area contributed by atoms with E-state index in [9.17, 15) is 4.79 Å². The second kappa shape index (κ2) is 6.39. The second-order valence-electron chi connectivity index (χ2n) is 5.79. The van der Waals surface area contributed by atoms with Crippen LogP contribution in [-0.2, 0) is 4.79 Å². The quantitative estimate of drug-likeness (QED) is 0.820. The van der Waals surface area contributed by atoms with Crippen LogP contribution in [0.25, 0.3) is 0 Å². The fourth-order valence-electron chi connectivity index (χ4n) is 2.67. The van der Waals surface area contributed by atoms with Crippen LogP contribution >= 0.6 is 0 Å². The van der Waals surface area contributed by atoms with Crippen molar-refractivity contribution in [2.75, 3.05) is 7.05 Å². The molecular formula is C14H28N2O. The highest BCUT2D eigenvalue weighted by Gasteiger charge is 2.29. The van der Waals surface area contributed by atoms with Crippen molar-refractivity contribution in [3.8, 4) is 0 Å². The van der Waals surface area contributed by atoms with Crippen molar-refractivity contribution in [2.45, 2.75) is 65.0 Å². The van der Waals surface area contributed by atoms with Crippen LogP contribution in [-0.4, -0.2) is 29.9 Å². The van der Waals surface area contributed by atoms with E-state index in [2.05, 4.69) is 20.8 Å². The van der Waals surface area contributed by atoms with E-state index in [1.807, 2.05) is 11.9 Å². The fraction of sp³-hybridized carbons (Fsp3) is 0.929. The average molecular weight is 240 g/mol. The summed E-state index contributed by atoms with van der Waals surface area (Å²) in [6.45, 7) is 6.42. The fourth-order valence-corrected chi connectivity index (χ4v) is 2.67. The molecule has 1 fully saturated rings. The molecule has 1 amide bonds. The van der Waals surface area contributed by atoms with E-state index < -0.39 is 0 Å². The highest BCUT2D eigenvalue weighted by atomic mass is 16.2. The zero-order chi connectivity index (χ0) is 13.0. The number of rotatable bonds is 4. The van der Waals surface area contributed by atoms with Gasteiger partial charge in [-0.15, -0.1) is 0 Å². The van der Waals surface area contributed by atoms with Crippen molar-refractivity contribution in [2.24, 2.45) is 17.6 Å². The van der Waals surface area contributed by atoms with Gasteiger partial charge in [-0.2, -0.15) is 0 Å². The molecule has 0 aromatic carbocycles. The van der Waals surface area contributed by atoms with Crippen molar-refractivity contribution >= 4 is 5.91 Å². The number of carbonyl (C=O) groups is 1. The Hall–Kier alpha value is -0.570. The van der Waals surface area contributed by atoms with Gasteiger partial charge in [-0.05, 0) is 24.7 Å². The number of nitrogens with two attached hydrogens (primary N) is 1. The van der Waals surface area contributed by atoms with Crippen LogP contribution < -0.4 is 5.73 Å². The summed E-state index contributed by atoms with van der Waals surface area (Å²) in [7, 11) is 1.92. The number of hydrogen-bond donors (Lipinski definition) is 1. The first-order valence-corrected chi connectivity index (χ1v) is 6.99. The summed E-state index contributed by atoms with van der Waals surface area (Å²) in [5.41, 5.74) is 6.02. The molecule has 0 aliphatic heterocycles. The predicted molar refractivity (Wildman–Crippen MR) is 71.6 cm³/mol. The monoisotopic (exact) mass is 240 g/mol. The van der Waals surface area contributed by atoms with Gasteiger partial charge in [-0.3, -0.25) is 4.79 Å². The molecule has 0 aromatic rings. The van der Waals surface area contributed by atoms with Crippen LogP contribution in [0.5, 0.6) is 0 Å². The molecular weight excluding hydrogens is 212 g/mol. The highest BCUT2D eigenvalue weighted by molar-refractivity contribution is 5.82. The lowest BCUT2D eigenvalue weighted by Gasteiger charge is -2.36. The van der Waals surface area contributed by atoms with E-state index in [1.54, 1.807) is 0 Å². The van der Waals surface area contributed by atoms with E-state index in [-0.39, 0.29) is 17.9 Å².